The molecular weight excluding hydrogens is 192 g/mol. The lowest BCUT2D eigenvalue weighted by molar-refractivity contribution is -0.142. The first-order chi connectivity index (χ1) is 7.10. The van der Waals surface area contributed by atoms with Gasteiger partial charge >= 0.3 is 0 Å². The van der Waals surface area contributed by atoms with Gasteiger partial charge in [0.15, 0.2) is 0 Å². The van der Waals surface area contributed by atoms with Crippen LogP contribution in [-0.2, 0) is 9.59 Å². The summed E-state index contributed by atoms with van der Waals surface area (Å²) in [5, 5.41) is 9.18. The Kier molecular flexibility index (Phi) is 2.11. The lowest BCUT2D eigenvalue weighted by Gasteiger charge is -2.30. The van der Waals surface area contributed by atoms with Gasteiger partial charge in [-0.3, -0.25) is 14.5 Å². The minimum absolute atomic E-state index is 0.302. The van der Waals surface area contributed by atoms with Crippen molar-refractivity contribution in [3.63, 3.8) is 0 Å². The summed E-state index contributed by atoms with van der Waals surface area (Å²) in [6.45, 7) is 1.61. The van der Waals surface area contributed by atoms with Crippen molar-refractivity contribution in [2.75, 3.05) is 0 Å². The molecule has 1 saturated carbocycles. The number of rotatable bonds is 1. The van der Waals surface area contributed by atoms with Gasteiger partial charge in [-0.15, -0.1) is 0 Å². The number of amides is 2. The summed E-state index contributed by atoms with van der Waals surface area (Å²) in [6.07, 6.45) is 4.36. The zero-order valence-electron chi connectivity index (χ0n) is 8.62. The molecule has 0 aromatic carbocycles. The highest BCUT2D eigenvalue weighted by atomic mass is 16.2. The highest BCUT2D eigenvalue weighted by Crippen LogP contribution is 2.37. The fourth-order valence-corrected chi connectivity index (χ4v) is 2.34. The number of hydrogen-bond acceptors (Lipinski definition) is 3. The molecule has 78 valence electrons. The van der Waals surface area contributed by atoms with Crippen molar-refractivity contribution in [1.82, 2.24) is 4.90 Å². The molecule has 0 atom stereocenters. The van der Waals surface area contributed by atoms with Gasteiger partial charge in [-0.05, 0) is 32.6 Å². The lowest BCUT2D eigenvalue weighted by Crippen LogP contribution is -2.49. The van der Waals surface area contributed by atoms with E-state index in [0.717, 1.165) is 17.7 Å². The highest BCUT2D eigenvalue weighted by Gasteiger charge is 2.48. The molecule has 1 aliphatic carbocycles. The summed E-state index contributed by atoms with van der Waals surface area (Å²) in [7, 11) is 0. The van der Waals surface area contributed by atoms with Gasteiger partial charge in [0.2, 0.25) is 0 Å². The first-order valence-electron chi connectivity index (χ1n) is 5.09. The Morgan fingerprint density at radius 3 is 2.40 bits per heavy atom. The summed E-state index contributed by atoms with van der Waals surface area (Å²) in [4.78, 5) is 24.5. The van der Waals surface area contributed by atoms with E-state index in [-0.39, 0.29) is 11.8 Å². The monoisotopic (exact) mass is 204 g/mol. The normalized spacial score (nSPS) is 24.3. The fraction of sp³-hybridized carbons (Fsp3) is 0.545. The SMILES string of the molecule is CC1=CC(=O)N(C2(C#N)CCCC2)C1=O. The molecule has 15 heavy (non-hydrogen) atoms. The van der Waals surface area contributed by atoms with Gasteiger partial charge in [0.25, 0.3) is 11.8 Å². The topological polar surface area (TPSA) is 61.2 Å². The van der Waals surface area contributed by atoms with Gasteiger partial charge in [0, 0.05) is 11.6 Å². The first-order valence-corrected chi connectivity index (χ1v) is 5.09. The minimum atomic E-state index is -0.873. The van der Waals surface area contributed by atoms with E-state index in [1.54, 1.807) is 6.92 Å². The molecule has 2 rings (SSSR count). The second-order valence-electron chi connectivity index (χ2n) is 4.16. The molecule has 1 fully saturated rings. The van der Waals surface area contributed by atoms with E-state index in [1.807, 2.05) is 0 Å². The molecule has 2 amide bonds. The molecule has 4 nitrogen and oxygen atoms in total. The summed E-state index contributed by atoms with van der Waals surface area (Å²) in [5.74, 6) is -0.635. The molecule has 0 aromatic rings. The molecule has 1 aliphatic heterocycles. The van der Waals surface area contributed by atoms with Crippen molar-refractivity contribution in [3.05, 3.63) is 11.6 Å². The number of carbonyl (C=O) groups is 2. The Balaban J connectivity index is 2.36. The Morgan fingerprint density at radius 1 is 1.40 bits per heavy atom. The standard InChI is InChI=1S/C11H12N2O2/c1-8-6-9(14)13(10(8)15)11(7-12)4-2-3-5-11/h6H,2-5H2,1H3. The largest absolute Gasteiger partial charge is 0.269 e. The fourth-order valence-electron chi connectivity index (χ4n) is 2.34. The van der Waals surface area contributed by atoms with Gasteiger partial charge in [0.05, 0.1) is 6.07 Å². The zero-order chi connectivity index (χ0) is 11.1. The van der Waals surface area contributed by atoms with Crippen LogP contribution in [0.15, 0.2) is 11.6 Å². The molecule has 0 radical (unpaired) electrons. The van der Waals surface area contributed by atoms with E-state index in [4.69, 9.17) is 0 Å². The molecule has 0 bridgehead atoms. The van der Waals surface area contributed by atoms with E-state index in [1.165, 1.54) is 6.08 Å². The molecule has 0 unspecified atom stereocenters. The van der Waals surface area contributed by atoms with Crippen molar-refractivity contribution >= 4 is 11.8 Å². The number of hydrogen-bond donors (Lipinski definition) is 0. The minimum Gasteiger partial charge on any atom is -0.269 e. The molecule has 0 N–H and O–H groups in total. The van der Waals surface area contributed by atoms with Crippen molar-refractivity contribution in [2.24, 2.45) is 0 Å². The Hall–Kier alpha value is -1.63. The zero-order valence-corrected chi connectivity index (χ0v) is 8.62. The van der Waals surface area contributed by atoms with Crippen LogP contribution in [0, 0.1) is 11.3 Å². The van der Waals surface area contributed by atoms with Crippen LogP contribution in [0.3, 0.4) is 0 Å². The molecule has 4 heteroatoms. The predicted molar refractivity (Wildman–Crippen MR) is 52.4 cm³/mol. The maximum Gasteiger partial charge on any atom is 0.257 e. The predicted octanol–water partition coefficient (Wildman–Crippen LogP) is 1.14. The van der Waals surface area contributed by atoms with Crippen LogP contribution in [0.5, 0.6) is 0 Å². The second kappa shape index (κ2) is 3.20. The number of nitrogens with zero attached hydrogens (tertiary/aromatic N) is 2. The van der Waals surface area contributed by atoms with Crippen LogP contribution < -0.4 is 0 Å². The summed E-state index contributed by atoms with van der Waals surface area (Å²) in [5.41, 5.74) is -0.441. The van der Waals surface area contributed by atoms with Crippen LogP contribution in [0.4, 0.5) is 0 Å². The summed E-state index contributed by atoms with van der Waals surface area (Å²) in [6, 6.07) is 2.15. The van der Waals surface area contributed by atoms with Crippen molar-refractivity contribution in [1.29, 1.82) is 5.26 Å². The van der Waals surface area contributed by atoms with E-state index < -0.39 is 5.54 Å². The maximum absolute atomic E-state index is 11.8. The number of imide groups is 1. The molecule has 1 heterocycles. The van der Waals surface area contributed by atoms with E-state index in [9.17, 15) is 14.9 Å². The van der Waals surface area contributed by atoms with Crippen molar-refractivity contribution in [2.45, 2.75) is 38.1 Å². The van der Waals surface area contributed by atoms with Gasteiger partial charge in [-0.2, -0.15) is 5.26 Å². The quantitative estimate of drug-likeness (QED) is 0.602. The van der Waals surface area contributed by atoms with Gasteiger partial charge in [-0.25, -0.2) is 0 Å². The lowest BCUT2D eigenvalue weighted by atomic mass is 9.97. The van der Waals surface area contributed by atoms with Gasteiger partial charge in [-0.1, -0.05) is 0 Å². The number of carbonyl (C=O) groups excluding carboxylic acids is 2. The third kappa shape index (κ3) is 1.27. The third-order valence-electron chi connectivity index (χ3n) is 3.17. The third-order valence-corrected chi connectivity index (χ3v) is 3.17. The van der Waals surface area contributed by atoms with Crippen LogP contribution >= 0.6 is 0 Å². The smallest absolute Gasteiger partial charge is 0.257 e. The van der Waals surface area contributed by atoms with E-state index in [0.29, 0.717) is 18.4 Å². The van der Waals surface area contributed by atoms with Gasteiger partial charge < -0.3 is 0 Å². The first kappa shape index (κ1) is 9.91. The van der Waals surface area contributed by atoms with Crippen molar-refractivity contribution in [3.8, 4) is 6.07 Å². The highest BCUT2D eigenvalue weighted by molar-refractivity contribution is 6.16. The average molecular weight is 204 g/mol. The molecule has 0 spiro atoms. The molecule has 0 aromatic heterocycles. The van der Waals surface area contributed by atoms with E-state index >= 15 is 0 Å². The van der Waals surface area contributed by atoms with Gasteiger partial charge in [0.1, 0.15) is 5.54 Å². The molecule has 0 saturated heterocycles. The van der Waals surface area contributed by atoms with Crippen LogP contribution in [0.1, 0.15) is 32.6 Å². The van der Waals surface area contributed by atoms with E-state index in [2.05, 4.69) is 6.07 Å². The second-order valence-corrected chi connectivity index (χ2v) is 4.16. The Morgan fingerprint density at radius 2 is 2.00 bits per heavy atom. The van der Waals surface area contributed by atoms with Crippen LogP contribution in [0.2, 0.25) is 0 Å². The Bertz CT molecular complexity index is 397. The molecular formula is C11H12N2O2. The van der Waals surface area contributed by atoms with Crippen LogP contribution in [0.25, 0.3) is 0 Å². The Labute approximate surface area is 88.2 Å². The molecule has 2 aliphatic rings. The number of nitriles is 1. The van der Waals surface area contributed by atoms with Crippen LogP contribution in [-0.4, -0.2) is 22.3 Å². The maximum atomic E-state index is 11.8. The van der Waals surface area contributed by atoms with Crippen molar-refractivity contribution < 1.29 is 9.59 Å². The summed E-state index contributed by atoms with van der Waals surface area (Å²) < 4.78 is 0. The average Bonchev–Trinajstić information content (AvgIpc) is 2.75. The summed E-state index contributed by atoms with van der Waals surface area (Å²) >= 11 is 0.